The molecule has 4 nitrogen and oxygen atoms in total. The molecule has 0 saturated heterocycles. The van der Waals surface area contributed by atoms with Gasteiger partial charge in [0, 0.05) is 11.6 Å². The Morgan fingerprint density at radius 2 is 1.61 bits per heavy atom. The van der Waals surface area contributed by atoms with E-state index in [1.54, 1.807) is 0 Å². The molecular formula is C23H31ClN2O2. The Kier molecular flexibility index (Phi) is 8.05. The zero-order valence-electron chi connectivity index (χ0n) is 16.7. The van der Waals surface area contributed by atoms with E-state index in [1.165, 1.54) is 5.56 Å². The van der Waals surface area contributed by atoms with Gasteiger partial charge in [-0.05, 0) is 57.3 Å². The summed E-state index contributed by atoms with van der Waals surface area (Å²) < 4.78 is 0. The number of carboxylic acid groups (broad SMARTS) is 1. The first-order valence-corrected chi connectivity index (χ1v) is 9.77. The minimum absolute atomic E-state index is 0. The largest absolute Gasteiger partial charge is 0.480 e. The maximum atomic E-state index is 11.8. The van der Waals surface area contributed by atoms with Crippen LogP contribution >= 0.6 is 12.4 Å². The molecule has 1 fully saturated rings. The summed E-state index contributed by atoms with van der Waals surface area (Å²) in [7, 11) is 4.30. The third kappa shape index (κ3) is 5.13. The molecule has 2 N–H and O–H groups in total. The molecule has 0 unspecified atom stereocenters. The zero-order valence-corrected chi connectivity index (χ0v) is 17.5. The lowest BCUT2D eigenvalue weighted by molar-refractivity contribution is -0.139. The first-order valence-electron chi connectivity index (χ1n) is 9.77. The lowest BCUT2D eigenvalue weighted by Gasteiger charge is -2.46. The van der Waals surface area contributed by atoms with Gasteiger partial charge >= 0.3 is 5.97 Å². The van der Waals surface area contributed by atoms with Crippen LogP contribution in [0.5, 0.6) is 0 Å². The second-order valence-corrected chi connectivity index (χ2v) is 7.81. The molecule has 28 heavy (non-hydrogen) atoms. The highest BCUT2D eigenvalue weighted by Gasteiger charge is 2.39. The zero-order chi connectivity index (χ0) is 19.3. The average molecular weight is 403 g/mol. The van der Waals surface area contributed by atoms with Crippen molar-refractivity contribution in [1.82, 2.24) is 10.2 Å². The van der Waals surface area contributed by atoms with Gasteiger partial charge in [0.2, 0.25) is 0 Å². The Morgan fingerprint density at radius 3 is 2.11 bits per heavy atom. The second-order valence-electron chi connectivity index (χ2n) is 7.81. The second kappa shape index (κ2) is 10.1. The number of carbonyl (C=O) groups is 1. The molecule has 152 valence electrons. The number of aliphatic carboxylic acids is 1. The Morgan fingerprint density at radius 1 is 1.07 bits per heavy atom. The number of carboxylic acids is 1. The van der Waals surface area contributed by atoms with E-state index in [9.17, 15) is 9.90 Å². The van der Waals surface area contributed by atoms with Crippen LogP contribution in [0.2, 0.25) is 0 Å². The molecule has 0 aromatic heterocycles. The van der Waals surface area contributed by atoms with Crippen LogP contribution in [0.15, 0.2) is 60.7 Å². The van der Waals surface area contributed by atoms with Crippen LogP contribution in [0.4, 0.5) is 0 Å². The van der Waals surface area contributed by atoms with Gasteiger partial charge in [0.05, 0.1) is 0 Å². The molecule has 3 rings (SSSR count). The third-order valence-electron chi connectivity index (χ3n) is 6.00. The maximum Gasteiger partial charge on any atom is 0.321 e. The molecule has 1 saturated carbocycles. The topological polar surface area (TPSA) is 52.6 Å². The van der Waals surface area contributed by atoms with Gasteiger partial charge in [0.15, 0.2) is 0 Å². The van der Waals surface area contributed by atoms with Crippen molar-refractivity contribution in [2.75, 3.05) is 14.1 Å². The summed E-state index contributed by atoms with van der Waals surface area (Å²) >= 11 is 0. The number of nitrogens with zero attached hydrogens (tertiary/aromatic N) is 1. The first kappa shape index (κ1) is 22.4. The Hall–Kier alpha value is -1.88. The van der Waals surface area contributed by atoms with Gasteiger partial charge in [-0.2, -0.15) is 0 Å². The summed E-state index contributed by atoms with van der Waals surface area (Å²) in [4.78, 5) is 14.1. The van der Waals surface area contributed by atoms with E-state index >= 15 is 0 Å². The summed E-state index contributed by atoms with van der Waals surface area (Å²) in [5.41, 5.74) is 2.45. The fraction of sp³-hybridized carbons (Fsp3) is 0.435. The van der Waals surface area contributed by atoms with Crippen molar-refractivity contribution in [3.63, 3.8) is 0 Å². The smallest absolute Gasteiger partial charge is 0.321 e. The van der Waals surface area contributed by atoms with Crippen LogP contribution in [0, 0.1) is 0 Å². The van der Waals surface area contributed by atoms with Crippen LogP contribution in [0.1, 0.15) is 36.8 Å². The van der Waals surface area contributed by atoms with Crippen molar-refractivity contribution in [1.29, 1.82) is 0 Å². The lowest BCUT2D eigenvalue weighted by Crippen LogP contribution is -2.51. The molecule has 0 heterocycles. The molecule has 0 spiro atoms. The summed E-state index contributed by atoms with van der Waals surface area (Å²) in [5.74, 6) is -0.772. The van der Waals surface area contributed by atoms with Gasteiger partial charge in [0.25, 0.3) is 0 Å². The van der Waals surface area contributed by atoms with Gasteiger partial charge in [-0.1, -0.05) is 60.7 Å². The van der Waals surface area contributed by atoms with Crippen molar-refractivity contribution in [2.24, 2.45) is 0 Å². The summed E-state index contributed by atoms with van der Waals surface area (Å²) in [6.45, 7) is 0. The van der Waals surface area contributed by atoms with Crippen LogP contribution < -0.4 is 5.32 Å². The van der Waals surface area contributed by atoms with E-state index in [2.05, 4.69) is 54.6 Å². The predicted octanol–water partition coefficient (Wildman–Crippen LogP) is 4.09. The molecular weight excluding hydrogens is 372 g/mol. The molecule has 2 aromatic carbocycles. The van der Waals surface area contributed by atoms with E-state index in [0.29, 0.717) is 6.42 Å². The monoisotopic (exact) mass is 402 g/mol. The van der Waals surface area contributed by atoms with Gasteiger partial charge in [0.1, 0.15) is 6.04 Å². The number of hydrogen-bond donors (Lipinski definition) is 2. The molecule has 5 heteroatoms. The number of halogens is 1. The van der Waals surface area contributed by atoms with Crippen molar-refractivity contribution >= 4 is 18.4 Å². The maximum absolute atomic E-state index is 11.8. The minimum atomic E-state index is -0.772. The summed E-state index contributed by atoms with van der Waals surface area (Å²) in [6, 6.07) is 20.2. The van der Waals surface area contributed by atoms with Crippen molar-refractivity contribution in [2.45, 2.75) is 49.7 Å². The summed E-state index contributed by atoms with van der Waals surface area (Å²) in [6.07, 6.45) is 4.53. The highest BCUT2D eigenvalue weighted by atomic mass is 35.5. The summed E-state index contributed by atoms with van der Waals surface area (Å²) in [5, 5.41) is 13.1. The minimum Gasteiger partial charge on any atom is -0.480 e. The van der Waals surface area contributed by atoms with Gasteiger partial charge < -0.3 is 10.4 Å². The number of nitrogens with one attached hydrogen (secondary N) is 1. The number of benzene rings is 2. The molecule has 1 aliphatic rings. The van der Waals surface area contributed by atoms with E-state index in [0.717, 1.165) is 31.2 Å². The lowest BCUT2D eigenvalue weighted by atomic mass is 9.74. The van der Waals surface area contributed by atoms with Gasteiger partial charge in [-0.3, -0.25) is 9.69 Å². The molecule has 0 aliphatic heterocycles. The fourth-order valence-corrected chi connectivity index (χ4v) is 4.36. The molecule has 0 bridgehead atoms. The third-order valence-corrected chi connectivity index (χ3v) is 6.00. The average Bonchev–Trinajstić information content (AvgIpc) is 2.69. The van der Waals surface area contributed by atoms with E-state index in [-0.39, 0.29) is 24.0 Å². The van der Waals surface area contributed by atoms with Crippen LogP contribution in [0.25, 0.3) is 0 Å². The Balaban J connectivity index is 0.00000280. The predicted molar refractivity (Wildman–Crippen MR) is 116 cm³/mol. The number of rotatable bonds is 7. The van der Waals surface area contributed by atoms with Crippen molar-refractivity contribution in [3.05, 3.63) is 71.8 Å². The van der Waals surface area contributed by atoms with E-state index < -0.39 is 12.0 Å². The fourth-order valence-electron chi connectivity index (χ4n) is 4.36. The van der Waals surface area contributed by atoms with E-state index in [4.69, 9.17) is 0 Å². The van der Waals surface area contributed by atoms with Gasteiger partial charge in [-0.15, -0.1) is 12.4 Å². The first-order chi connectivity index (χ1) is 13.0. The highest BCUT2D eigenvalue weighted by molar-refractivity contribution is 5.85. The van der Waals surface area contributed by atoms with Crippen LogP contribution in [-0.2, 0) is 16.8 Å². The quantitative estimate of drug-likeness (QED) is 0.732. The SMILES string of the molecule is CN(C)C1(c2ccccc2)CCC(N[C@@H](Cc2ccccc2)C(=O)O)CC1.Cl. The highest BCUT2D eigenvalue weighted by Crippen LogP contribution is 2.41. The molecule has 2 aromatic rings. The number of hydrogen-bond acceptors (Lipinski definition) is 3. The normalized spacial score (nSPS) is 23.0. The van der Waals surface area contributed by atoms with Crippen molar-refractivity contribution < 1.29 is 9.90 Å². The Bertz CT molecular complexity index is 729. The molecule has 1 aliphatic carbocycles. The molecule has 1 atom stereocenters. The van der Waals surface area contributed by atoms with Crippen molar-refractivity contribution in [3.8, 4) is 0 Å². The Labute approximate surface area is 174 Å². The van der Waals surface area contributed by atoms with Crippen LogP contribution in [-0.4, -0.2) is 42.2 Å². The molecule has 0 amide bonds. The van der Waals surface area contributed by atoms with Crippen LogP contribution in [0.3, 0.4) is 0 Å². The van der Waals surface area contributed by atoms with Gasteiger partial charge in [-0.25, -0.2) is 0 Å². The molecule has 0 radical (unpaired) electrons. The van der Waals surface area contributed by atoms with E-state index in [1.807, 2.05) is 30.3 Å². The standard InChI is InChI=1S/C23H30N2O2.ClH/c1-25(2)23(19-11-7-4-8-12-19)15-13-20(14-16-23)24-21(22(26)27)17-18-9-5-3-6-10-18;/h3-12,20-21,24H,13-17H2,1-2H3,(H,26,27);1H/t20?,21-,23?;/m0./s1.